The van der Waals surface area contributed by atoms with Crippen molar-refractivity contribution in [1.82, 2.24) is 5.32 Å². The Morgan fingerprint density at radius 2 is 2.39 bits per heavy atom. The summed E-state index contributed by atoms with van der Waals surface area (Å²) in [7, 11) is 1.62. The van der Waals surface area contributed by atoms with E-state index in [1.165, 1.54) is 0 Å². The van der Waals surface area contributed by atoms with Crippen LogP contribution in [0.5, 0.6) is 0 Å². The molecule has 0 radical (unpaired) electrons. The van der Waals surface area contributed by atoms with Gasteiger partial charge in [0, 0.05) is 13.7 Å². The molecular weight excluding hydrogens is 365 g/mol. The highest BCUT2D eigenvalue weighted by Gasteiger charge is 2.22. The lowest BCUT2D eigenvalue weighted by molar-refractivity contribution is 0.0677. The van der Waals surface area contributed by atoms with Crippen LogP contribution in [-0.4, -0.2) is 37.9 Å². The number of hydrogen-bond donors (Lipinski definition) is 3. The molecule has 0 spiro atoms. The number of methoxy groups -OCH3 is 1. The molecule has 0 saturated carbocycles. The summed E-state index contributed by atoms with van der Waals surface area (Å²) in [5.74, 6) is 0.317. The molecule has 0 saturated heterocycles. The molecule has 104 valence electrons. The van der Waals surface area contributed by atoms with Crippen LogP contribution in [0, 0.1) is 0 Å². The van der Waals surface area contributed by atoms with E-state index in [1.54, 1.807) is 25.4 Å². The number of nitrogens with zero attached hydrogens (tertiary/aromatic N) is 1. The van der Waals surface area contributed by atoms with Crippen molar-refractivity contribution < 1.29 is 9.84 Å². The number of thiophene rings is 1. The molecule has 0 fully saturated rings. The third-order valence-electron chi connectivity index (χ3n) is 2.31. The van der Waals surface area contributed by atoms with Crippen molar-refractivity contribution >= 4 is 41.3 Å². The van der Waals surface area contributed by atoms with E-state index in [0.717, 1.165) is 5.56 Å². The summed E-state index contributed by atoms with van der Waals surface area (Å²) in [5.41, 5.74) is 5.53. The van der Waals surface area contributed by atoms with Crippen LogP contribution < -0.4 is 11.1 Å². The van der Waals surface area contributed by atoms with Crippen LogP contribution in [0.2, 0.25) is 0 Å². The summed E-state index contributed by atoms with van der Waals surface area (Å²) in [4.78, 5) is 4.11. The third kappa shape index (κ3) is 5.98. The van der Waals surface area contributed by atoms with Crippen molar-refractivity contribution in [3.63, 3.8) is 0 Å². The molecule has 0 aliphatic heterocycles. The number of aliphatic imine (C=N–C) groups is 1. The lowest BCUT2D eigenvalue weighted by atomic mass is 10.00. The summed E-state index contributed by atoms with van der Waals surface area (Å²) in [6, 6.07) is 1.88. The highest BCUT2D eigenvalue weighted by atomic mass is 127. The van der Waals surface area contributed by atoms with Gasteiger partial charge in [-0.15, -0.1) is 24.0 Å². The second kappa shape index (κ2) is 8.68. The first-order valence-electron chi connectivity index (χ1n) is 5.34. The Labute approximate surface area is 128 Å². The van der Waals surface area contributed by atoms with Crippen molar-refractivity contribution in [3.8, 4) is 0 Å². The highest BCUT2D eigenvalue weighted by molar-refractivity contribution is 14.0. The molecule has 1 aromatic heterocycles. The van der Waals surface area contributed by atoms with Crippen molar-refractivity contribution in [3.05, 3.63) is 22.4 Å². The number of halogens is 1. The lowest BCUT2D eigenvalue weighted by Gasteiger charge is -2.20. The van der Waals surface area contributed by atoms with Crippen LogP contribution in [0.4, 0.5) is 0 Å². The van der Waals surface area contributed by atoms with Crippen LogP contribution >= 0.6 is 35.3 Å². The summed E-state index contributed by atoms with van der Waals surface area (Å²) < 4.78 is 4.88. The fourth-order valence-electron chi connectivity index (χ4n) is 1.24. The molecule has 0 aromatic carbocycles. The van der Waals surface area contributed by atoms with Crippen molar-refractivity contribution in [2.45, 2.75) is 12.5 Å². The van der Waals surface area contributed by atoms with E-state index in [0.29, 0.717) is 19.1 Å². The van der Waals surface area contributed by atoms with E-state index in [1.807, 2.05) is 16.8 Å². The van der Waals surface area contributed by atoms with E-state index < -0.39 is 5.60 Å². The highest BCUT2D eigenvalue weighted by Crippen LogP contribution is 2.22. The third-order valence-corrected chi connectivity index (χ3v) is 3.00. The number of nitrogens with two attached hydrogens (primary N) is 1. The van der Waals surface area contributed by atoms with Crippen molar-refractivity contribution in [2.75, 3.05) is 26.8 Å². The molecule has 0 bridgehead atoms. The largest absolute Gasteiger partial charge is 0.383 e. The monoisotopic (exact) mass is 385 g/mol. The van der Waals surface area contributed by atoms with E-state index in [4.69, 9.17) is 10.5 Å². The average molecular weight is 385 g/mol. The minimum Gasteiger partial charge on any atom is -0.383 e. The van der Waals surface area contributed by atoms with Gasteiger partial charge in [0.05, 0.1) is 13.2 Å². The van der Waals surface area contributed by atoms with Crippen LogP contribution in [-0.2, 0) is 10.3 Å². The molecule has 0 aliphatic carbocycles. The van der Waals surface area contributed by atoms with Gasteiger partial charge in [-0.2, -0.15) is 11.3 Å². The predicted molar refractivity (Wildman–Crippen MR) is 85.7 cm³/mol. The van der Waals surface area contributed by atoms with Gasteiger partial charge in [0.1, 0.15) is 5.60 Å². The maximum absolute atomic E-state index is 10.2. The maximum Gasteiger partial charge on any atom is 0.188 e. The van der Waals surface area contributed by atoms with Gasteiger partial charge in [-0.05, 0) is 29.3 Å². The van der Waals surface area contributed by atoms with Crippen LogP contribution in [0.1, 0.15) is 12.5 Å². The topological polar surface area (TPSA) is 79.9 Å². The van der Waals surface area contributed by atoms with Gasteiger partial charge in [-0.1, -0.05) is 0 Å². The summed E-state index contributed by atoms with van der Waals surface area (Å²) in [6.07, 6.45) is 0. The first-order valence-corrected chi connectivity index (χ1v) is 6.28. The molecule has 1 rings (SSSR count). The second-order valence-corrected chi connectivity index (χ2v) is 4.69. The average Bonchev–Trinajstić information content (AvgIpc) is 2.81. The molecule has 4 N–H and O–H groups in total. The van der Waals surface area contributed by atoms with Gasteiger partial charge in [0.15, 0.2) is 5.96 Å². The van der Waals surface area contributed by atoms with Gasteiger partial charge in [-0.3, -0.25) is 4.99 Å². The van der Waals surface area contributed by atoms with Gasteiger partial charge >= 0.3 is 0 Å². The molecule has 0 amide bonds. The van der Waals surface area contributed by atoms with Crippen molar-refractivity contribution in [2.24, 2.45) is 10.7 Å². The Morgan fingerprint density at radius 3 is 2.94 bits per heavy atom. The SMILES string of the molecule is COCCNC(N)=NCC(C)(O)c1ccsc1.I. The van der Waals surface area contributed by atoms with Crippen LogP contribution in [0.25, 0.3) is 0 Å². The predicted octanol–water partition coefficient (Wildman–Crippen LogP) is 1.12. The van der Waals surface area contributed by atoms with Gasteiger partial charge in [0.2, 0.25) is 0 Å². The first-order chi connectivity index (χ1) is 8.06. The van der Waals surface area contributed by atoms with Gasteiger partial charge in [-0.25, -0.2) is 0 Å². The normalized spacial score (nSPS) is 14.7. The fraction of sp³-hybridized carbons (Fsp3) is 0.545. The minimum absolute atomic E-state index is 0. The molecule has 1 unspecified atom stereocenters. The van der Waals surface area contributed by atoms with Crippen LogP contribution in [0.3, 0.4) is 0 Å². The zero-order valence-electron chi connectivity index (χ0n) is 10.5. The van der Waals surface area contributed by atoms with Crippen molar-refractivity contribution in [1.29, 1.82) is 0 Å². The second-order valence-electron chi connectivity index (χ2n) is 3.91. The van der Waals surface area contributed by atoms with E-state index in [-0.39, 0.29) is 30.5 Å². The van der Waals surface area contributed by atoms with E-state index in [2.05, 4.69) is 10.3 Å². The minimum atomic E-state index is -0.979. The Balaban J connectivity index is 0.00000289. The van der Waals surface area contributed by atoms with Crippen LogP contribution in [0.15, 0.2) is 21.8 Å². The molecule has 1 heterocycles. The smallest absolute Gasteiger partial charge is 0.188 e. The van der Waals surface area contributed by atoms with Gasteiger partial charge in [0.25, 0.3) is 0 Å². The number of hydrogen-bond acceptors (Lipinski definition) is 4. The number of nitrogens with one attached hydrogen (secondary N) is 1. The Morgan fingerprint density at radius 1 is 1.67 bits per heavy atom. The lowest BCUT2D eigenvalue weighted by Crippen LogP contribution is -2.36. The summed E-state index contributed by atoms with van der Waals surface area (Å²) in [6.45, 7) is 3.13. The maximum atomic E-state index is 10.2. The zero-order valence-corrected chi connectivity index (χ0v) is 13.7. The number of guanidine groups is 1. The number of ether oxygens (including phenoxy) is 1. The quantitative estimate of drug-likeness (QED) is 0.297. The molecule has 0 aliphatic rings. The summed E-state index contributed by atoms with van der Waals surface area (Å²) in [5, 5.41) is 16.9. The molecule has 5 nitrogen and oxygen atoms in total. The number of aliphatic hydroxyl groups is 1. The zero-order chi connectivity index (χ0) is 12.7. The summed E-state index contributed by atoms with van der Waals surface area (Å²) >= 11 is 1.55. The number of rotatable bonds is 6. The molecule has 18 heavy (non-hydrogen) atoms. The molecule has 1 atom stereocenters. The Kier molecular flexibility index (Phi) is 8.49. The van der Waals surface area contributed by atoms with E-state index >= 15 is 0 Å². The molecular formula is C11H20IN3O2S. The van der Waals surface area contributed by atoms with Gasteiger partial charge < -0.3 is 20.9 Å². The molecule has 1 aromatic rings. The Bertz CT molecular complexity index is 355. The first kappa shape index (κ1) is 17.6. The molecule has 7 heteroatoms. The fourth-order valence-corrected chi connectivity index (χ4v) is 2.02. The van der Waals surface area contributed by atoms with E-state index in [9.17, 15) is 5.11 Å². The Hall–Kier alpha value is -0.380. The standard InChI is InChI=1S/C11H19N3O2S.HI/c1-11(15,9-3-6-17-7-9)8-14-10(12)13-4-5-16-2;/h3,6-7,15H,4-5,8H2,1-2H3,(H3,12,13,14);1H.